The van der Waals surface area contributed by atoms with Crippen LogP contribution in [-0.2, 0) is 44.4 Å². The molecule has 0 unspecified atom stereocenters. The first kappa shape index (κ1) is 69.2. The van der Waals surface area contributed by atoms with Crippen molar-refractivity contribution in [3.8, 4) is 69.2 Å². The third-order valence-electron chi connectivity index (χ3n) is 15.5. The Morgan fingerprint density at radius 3 is 1.27 bits per heavy atom. The minimum absolute atomic E-state index is 0. The van der Waals surface area contributed by atoms with Gasteiger partial charge in [0.05, 0.1) is 82.5 Å². The molecule has 29 heteroatoms. The number of alkyl halides is 9. The van der Waals surface area contributed by atoms with Gasteiger partial charge in [-0.1, -0.05) is 0 Å². The van der Waals surface area contributed by atoms with Gasteiger partial charge in [0.1, 0.15) is 57.6 Å². The molecule has 8 heterocycles. The highest BCUT2D eigenvalue weighted by atomic mass is 35.5. The Hall–Kier alpha value is -9.72. The molecular formula is C64H62ClF9N14O5. The number of carbonyl (C=O) groups is 1. The molecule has 3 aromatic carbocycles. The molecule has 0 aliphatic carbocycles. The number of phenolic OH excluding ortho intramolecular Hbond substituents is 1. The number of ether oxygens (including phenoxy) is 3. The fraction of sp³-hybridized carbons (Fsp3) is 0.375. The minimum atomic E-state index is -4.69. The van der Waals surface area contributed by atoms with E-state index in [0.717, 1.165) is 69.5 Å². The Labute approximate surface area is 533 Å². The number of carbonyl (C=O) groups excluding carboxylic acids is 1. The van der Waals surface area contributed by atoms with Crippen molar-refractivity contribution >= 4 is 51.6 Å². The summed E-state index contributed by atoms with van der Waals surface area (Å²) in [5.41, 5.74) is 1.02. The normalized spacial score (nSPS) is 14.0. The number of nitriles is 3. The van der Waals surface area contributed by atoms with Crippen LogP contribution in [0.1, 0.15) is 93.1 Å². The Bertz CT molecular complexity index is 4310. The van der Waals surface area contributed by atoms with Crippen molar-refractivity contribution in [3.63, 3.8) is 0 Å². The van der Waals surface area contributed by atoms with E-state index in [0.29, 0.717) is 58.5 Å². The summed E-state index contributed by atoms with van der Waals surface area (Å²) in [6, 6.07) is 21.4. The molecule has 93 heavy (non-hydrogen) atoms. The molecule has 0 radical (unpaired) electrons. The molecule has 488 valence electrons. The number of benzene rings is 3. The number of hydrogen-bond acceptors (Lipinski definition) is 15. The number of fused-ring (bicyclic) bond motifs is 3. The maximum absolute atomic E-state index is 14.0. The monoisotopic (exact) mass is 1310 g/mol. The van der Waals surface area contributed by atoms with Gasteiger partial charge in [-0.05, 0) is 157 Å². The number of piperidine rings is 2. The van der Waals surface area contributed by atoms with Crippen LogP contribution in [0, 0.1) is 45.8 Å². The number of aromatic nitrogens is 9. The average Bonchev–Trinajstić information content (AvgIpc) is 1.78. The van der Waals surface area contributed by atoms with Crippen molar-refractivity contribution in [1.82, 2.24) is 53.8 Å². The predicted octanol–water partition coefficient (Wildman–Crippen LogP) is 13.9. The first-order valence-corrected chi connectivity index (χ1v) is 29.0. The van der Waals surface area contributed by atoms with E-state index >= 15 is 0 Å². The van der Waals surface area contributed by atoms with Crippen LogP contribution < -0.4 is 14.8 Å². The van der Waals surface area contributed by atoms with E-state index in [4.69, 9.17) is 19.5 Å². The van der Waals surface area contributed by atoms with Crippen molar-refractivity contribution in [2.75, 3.05) is 39.4 Å². The van der Waals surface area contributed by atoms with E-state index in [2.05, 4.69) is 35.2 Å². The molecular weight excluding hydrogens is 1250 g/mol. The number of rotatable bonds is 11. The predicted molar refractivity (Wildman–Crippen MR) is 326 cm³/mol. The number of aryl methyl sites for hydroxylation is 3. The van der Waals surface area contributed by atoms with Gasteiger partial charge in [-0.3, -0.25) is 0 Å². The number of phenols is 1. The van der Waals surface area contributed by atoms with Crippen LogP contribution in [0.25, 0.3) is 66.9 Å². The maximum Gasteiger partial charge on any atom is 0.419 e. The highest BCUT2D eigenvalue weighted by molar-refractivity contribution is 5.87. The minimum Gasteiger partial charge on any atom is -0.507 e. The molecule has 2 fully saturated rings. The summed E-state index contributed by atoms with van der Waals surface area (Å²) in [4.78, 5) is 38.8. The van der Waals surface area contributed by atoms with Crippen molar-refractivity contribution in [2.45, 2.75) is 83.4 Å². The summed E-state index contributed by atoms with van der Waals surface area (Å²) in [6.07, 6.45) is -4.90. The third kappa shape index (κ3) is 16.5. The lowest BCUT2D eigenvalue weighted by molar-refractivity contribution is -0.139. The van der Waals surface area contributed by atoms with E-state index in [-0.39, 0.29) is 100.0 Å². The largest absolute Gasteiger partial charge is 0.507 e. The SMILES string of the molecule is Cl.Cn1cnc2c(C#N)nc(-c3ccc(O)c(C(F)(F)F)c3)cc21.Cn1cnc2c(C#N)nc(-c3ccc(OCCC4CCN(C(=O)OC(C)(C)C)CC4)c(C(F)(F)F)c3)cc21.Cn1cnc2c(C#N)nc(-c3ccc(OCCC4CCNCC4)c(C(F)(F)F)c3)cc21. The highest BCUT2D eigenvalue weighted by Crippen LogP contribution is 2.42. The molecule has 2 saturated heterocycles. The van der Waals surface area contributed by atoms with Crippen LogP contribution in [0.3, 0.4) is 0 Å². The van der Waals surface area contributed by atoms with Gasteiger partial charge in [-0.25, -0.2) is 34.7 Å². The number of nitrogens with zero attached hydrogens (tertiary/aromatic N) is 13. The number of nitrogens with one attached hydrogen (secondary N) is 1. The number of aromatic hydroxyl groups is 1. The fourth-order valence-corrected chi connectivity index (χ4v) is 10.6. The quantitative estimate of drug-likeness (QED) is 0.114. The van der Waals surface area contributed by atoms with Gasteiger partial charge in [0.2, 0.25) is 0 Å². The second-order valence-electron chi connectivity index (χ2n) is 23.1. The summed E-state index contributed by atoms with van der Waals surface area (Å²) < 4.78 is 143. The zero-order valence-corrected chi connectivity index (χ0v) is 51.8. The summed E-state index contributed by atoms with van der Waals surface area (Å²) in [5, 5.41) is 40.7. The molecule has 19 nitrogen and oxygen atoms in total. The first-order valence-electron chi connectivity index (χ1n) is 29.0. The molecule has 0 atom stereocenters. The Balaban J connectivity index is 0.000000183. The van der Waals surface area contributed by atoms with Gasteiger partial charge in [0.25, 0.3) is 0 Å². The summed E-state index contributed by atoms with van der Waals surface area (Å²) in [6.45, 7) is 8.77. The van der Waals surface area contributed by atoms with Crippen LogP contribution >= 0.6 is 12.4 Å². The van der Waals surface area contributed by atoms with E-state index in [9.17, 15) is 59.9 Å². The smallest absolute Gasteiger partial charge is 0.419 e. The summed E-state index contributed by atoms with van der Waals surface area (Å²) in [5.74, 6) is -0.596. The van der Waals surface area contributed by atoms with Gasteiger partial charge in [-0.15, -0.1) is 12.4 Å². The molecule has 0 saturated carbocycles. The van der Waals surface area contributed by atoms with Gasteiger partial charge < -0.3 is 43.2 Å². The number of imidazole rings is 3. The molecule has 9 aromatic rings. The standard InChI is InChI=1S/C27H30F3N5O3.C22H22F3N5O.C15H9F3N4O.ClH/c1-26(2,3)38-25(36)35-10-7-17(8-11-35)9-12-37-23-6-5-18(13-19(23)27(28,29)30)20-14-22-24(21(15-31)33-20)32-16-34(22)4;1-30-13-28-21-18(12-26)29-17(11-19(21)30)15-2-3-20(16(10-15)22(23,24)25)31-9-6-14-4-7-27-8-5-14;1-22-7-20-14-11(6-19)21-10(5-12(14)22)8-2-3-13(23)9(4-8)15(16,17)18;/h5-6,13-14,16-17H,7-12H2,1-4H3;2-3,10-11,13-14,27H,4-9H2,1H3;2-5,7,23H,1H3;1H. The van der Waals surface area contributed by atoms with Crippen molar-refractivity contribution in [2.24, 2.45) is 33.0 Å². The lowest BCUT2D eigenvalue weighted by Crippen LogP contribution is -2.41. The Morgan fingerprint density at radius 2 is 0.914 bits per heavy atom. The number of halogens is 10. The topological polar surface area (TPSA) is 244 Å². The molecule has 2 N–H and O–H groups in total. The third-order valence-corrected chi connectivity index (χ3v) is 15.5. The molecule has 6 aromatic heterocycles. The lowest BCUT2D eigenvalue weighted by Gasteiger charge is -2.33. The molecule has 0 bridgehead atoms. The number of pyridine rings is 3. The van der Waals surface area contributed by atoms with Crippen LogP contribution in [-0.4, -0.2) is 105 Å². The zero-order chi connectivity index (χ0) is 66.5. The second kappa shape index (κ2) is 28.4. The number of amides is 1. The Kier molecular flexibility index (Phi) is 21.1. The van der Waals surface area contributed by atoms with E-state index in [1.165, 1.54) is 43.2 Å². The molecule has 2 aliphatic rings. The lowest BCUT2D eigenvalue weighted by atomic mass is 9.94. The van der Waals surface area contributed by atoms with Gasteiger partial charge in [-0.2, -0.15) is 55.3 Å². The van der Waals surface area contributed by atoms with Crippen LogP contribution in [0.5, 0.6) is 17.2 Å². The zero-order valence-electron chi connectivity index (χ0n) is 51.0. The van der Waals surface area contributed by atoms with E-state index in [1.54, 1.807) is 64.0 Å². The molecule has 0 spiro atoms. The van der Waals surface area contributed by atoms with Gasteiger partial charge in [0, 0.05) is 50.9 Å². The summed E-state index contributed by atoms with van der Waals surface area (Å²) in [7, 11) is 5.19. The first-order chi connectivity index (χ1) is 43.5. The van der Waals surface area contributed by atoms with Crippen LogP contribution in [0.2, 0.25) is 0 Å². The van der Waals surface area contributed by atoms with Crippen molar-refractivity contribution in [1.29, 1.82) is 15.8 Å². The van der Waals surface area contributed by atoms with Crippen LogP contribution in [0.15, 0.2) is 91.8 Å². The fourth-order valence-electron chi connectivity index (χ4n) is 10.6. The molecule has 1 amide bonds. The average molecular weight is 1310 g/mol. The van der Waals surface area contributed by atoms with Crippen molar-refractivity contribution in [3.05, 3.63) is 126 Å². The van der Waals surface area contributed by atoms with Crippen molar-refractivity contribution < 1.29 is 63.6 Å². The van der Waals surface area contributed by atoms with E-state index < -0.39 is 46.6 Å². The van der Waals surface area contributed by atoms with Gasteiger partial charge in [0.15, 0.2) is 17.1 Å². The highest BCUT2D eigenvalue weighted by Gasteiger charge is 2.38. The number of hydrogen-bond donors (Lipinski definition) is 2. The maximum atomic E-state index is 14.0. The summed E-state index contributed by atoms with van der Waals surface area (Å²) >= 11 is 0. The number of likely N-dealkylation sites (tertiary alicyclic amines) is 1. The van der Waals surface area contributed by atoms with Crippen LogP contribution in [0.4, 0.5) is 44.3 Å². The molecule has 11 rings (SSSR count). The second-order valence-corrected chi connectivity index (χ2v) is 23.1. The van der Waals surface area contributed by atoms with Gasteiger partial charge >= 0.3 is 24.6 Å². The van der Waals surface area contributed by atoms with E-state index in [1.807, 2.05) is 39.0 Å². The Morgan fingerprint density at radius 1 is 0.559 bits per heavy atom. The molecule has 2 aliphatic heterocycles.